The molecule has 1 aromatic rings. The number of benzene rings is 1. The summed E-state index contributed by atoms with van der Waals surface area (Å²) < 4.78 is 0. The van der Waals surface area contributed by atoms with Crippen LogP contribution in [0.5, 0.6) is 0 Å². The number of fused-ring (bicyclic) bond motifs is 1. The molecule has 0 radical (unpaired) electrons. The fourth-order valence-corrected chi connectivity index (χ4v) is 2.86. The third-order valence-corrected chi connectivity index (χ3v) is 3.84. The molecular formula is C13H16N2O. The first-order chi connectivity index (χ1) is 7.80. The molecule has 1 spiro atoms. The molecule has 3 rings (SSSR count). The van der Waals surface area contributed by atoms with Crippen LogP contribution in [-0.2, 0) is 11.2 Å². The van der Waals surface area contributed by atoms with E-state index in [9.17, 15) is 4.79 Å². The van der Waals surface area contributed by atoms with Gasteiger partial charge in [0.25, 0.3) is 0 Å². The topological polar surface area (TPSA) is 41.1 Å². The summed E-state index contributed by atoms with van der Waals surface area (Å²) in [6.07, 6.45) is 2.79. The largest absolute Gasteiger partial charge is 0.385 e. The van der Waals surface area contributed by atoms with Crippen LogP contribution in [-0.4, -0.2) is 19.0 Å². The molecule has 0 saturated carbocycles. The van der Waals surface area contributed by atoms with Crippen molar-refractivity contribution in [2.24, 2.45) is 5.41 Å². The summed E-state index contributed by atoms with van der Waals surface area (Å²) in [6, 6.07) is 8.31. The molecule has 3 heteroatoms. The number of anilines is 1. The monoisotopic (exact) mass is 216 g/mol. The third-order valence-electron chi connectivity index (χ3n) is 3.84. The Balaban J connectivity index is 1.99. The smallest absolute Gasteiger partial charge is 0.226 e. The van der Waals surface area contributed by atoms with Crippen LogP contribution in [0.2, 0.25) is 0 Å². The number of amides is 1. The van der Waals surface area contributed by atoms with Gasteiger partial charge in [-0.3, -0.25) is 4.79 Å². The zero-order chi connectivity index (χ0) is 11.0. The highest BCUT2D eigenvalue weighted by atomic mass is 16.2. The van der Waals surface area contributed by atoms with E-state index in [1.807, 2.05) is 12.1 Å². The predicted molar refractivity (Wildman–Crippen MR) is 63.3 cm³/mol. The van der Waals surface area contributed by atoms with Crippen molar-refractivity contribution < 1.29 is 4.79 Å². The van der Waals surface area contributed by atoms with Crippen LogP contribution in [0, 0.1) is 5.41 Å². The number of carbonyl (C=O) groups excluding carboxylic acids is 1. The minimum Gasteiger partial charge on any atom is -0.385 e. The minimum atomic E-state index is -0.153. The maximum atomic E-state index is 12.0. The van der Waals surface area contributed by atoms with E-state index in [2.05, 4.69) is 22.8 Å². The molecule has 1 fully saturated rings. The summed E-state index contributed by atoms with van der Waals surface area (Å²) in [5.41, 5.74) is 2.32. The lowest BCUT2D eigenvalue weighted by Gasteiger charge is -2.23. The van der Waals surface area contributed by atoms with Gasteiger partial charge in [-0.2, -0.15) is 0 Å². The van der Waals surface area contributed by atoms with Gasteiger partial charge in [0.15, 0.2) is 0 Å². The van der Waals surface area contributed by atoms with Gasteiger partial charge >= 0.3 is 0 Å². The highest BCUT2D eigenvalue weighted by molar-refractivity contribution is 5.85. The molecule has 1 saturated heterocycles. The lowest BCUT2D eigenvalue weighted by Crippen LogP contribution is -2.33. The van der Waals surface area contributed by atoms with E-state index in [4.69, 9.17) is 0 Å². The Kier molecular flexibility index (Phi) is 2.13. The fourth-order valence-electron chi connectivity index (χ4n) is 2.86. The Morgan fingerprint density at radius 3 is 2.62 bits per heavy atom. The lowest BCUT2D eigenvalue weighted by molar-refractivity contribution is -0.127. The maximum absolute atomic E-state index is 12.0. The Morgan fingerprint density at radius 1 is 1.06 bits per heavy atom. The zero-order valence-electron chi connectivity index (χ0n) is 9.25. The number of carbonyl (C=O) groups is 1. The van der Waals surface area contributed by atoms with Gasteiger partial charge in [0, 0.05) is 18.8 Å². The molecule has 2 aliphatic heterocycles. The van der Waals surface area contributed by atoms with Crippen LogP contribution >= 0.6 is 0 Å². The van der Waals surface area contributed by atoms with E-state index in [0.717, 1.165) is 32.4 Å². The van der Waals surface area contributed by atoms with Gasteiger partial charge in [-0.1, -0.05) is 18.2 Å². The standard InChI is InChI=1S/C13H16N2O/c16-12-13(6-8-15-12)5-7-14-11-4-2-1-3-10(11)9-13/h1-4,14H,5-9H2,(H,15,16). The Labute approximate surface area is 95.2 Å². The van der Waals surface area contributed by atoms with Crippen molar-refractivity contribution in [2.45, 2.75) is 19.3 Å². The second-order valence-corrected chi connectivity index (χ2v) is 4.80. The summed E-state index contributed by atoms with van der Waals surface area (Å²) >= 11 is 0. The average Bonchev–Trinajstić information content (AvgIpc) is 2.54. The molecule has 1 aromatic carbocycles. The quantitative estimate of drug-likeness (QED) is 0.691. The molecule has 0 aliphatic carbocycles. The van der Waals surface area contributed by atoms with E-state index in [1.54, 1.807) is 0 Å². The van der Waals surface area contributed by atoms with E-state index >= 15 is 0 Å². The van der Waals surface area contributed by atoms with Gasteiger partial charge in [0.1, 0.15) is 0 Å². The van der Waals surface area contributed by atoms with Crippen LogP contribution in [0.3, 0.4) is 0 Å². The van der Waals surface area contributed by atoms with Gasteiger partial charge in [0.05, 0.1) is 5.41 Å². The molecule has 2 N–H and O–H groups in total. The lowest BCUT2D eigenvalue weighted by atomic mass is 9.78. The molecular weight excluding hydrogens is 200 g/mol. The number of hydrogen-bond acceptors (Lipinski definition) is 2. The summed E-state index contributed by atoms with van der Waals surface area (Å²) in [6.45, 7) is 1.73. The zero-order valence-corrected chi connectivity index (χ0v) is 9.25. The number of nitrogens with one attached hydrogen (secondary N) is 2. The molecule has 0 aromatic heterocycles. The number of hydrogen-bond donors (Lipinski definition) is 2. The highest BCUT2D eigenvalue weighted by Crippen LogP contribution is 2.38. The van der Waals surface area contributed by atoms with Crippen LogP contribution < -0.4 is 10.6 Å². The summed E-state index contributed by atoms with van der Waals surface area (Å²) in [7, 11) is 0. The maximum Gasteiger partial charge on any atom is 0.226 e. The first-order valence-electron chi connectivity index (χ1n) is 5.90. The second-order valence-electron chi connectivity index (χ2n) is 4.80. The molecule has 0 bridgehead atoms. The van der Waals surface area contributed by atoms with Crippen LogP contribution in [0.4, 0.5) is 5.69 Å². The van der Waals surface area contributed by atoms with E-state index in [-0.39, 0.29) is 11.3 Å². The fraction of sp³-hybridized carbons (Fsp3) is 0.462. The first kappa shape index (κ1) is 9.70. The van der Waals surface area contributed by atoms with Gasteiger partial charge in [-0.25, -0.2) is 0 Å². The van der Waals surface area contributed by atoms with E-state index in [1.165, 1.54) is 11.3 Å². The summed E-state index contributed by atoms with van der Waals surface area (Å²) in [5, 5.41) is 6.39. The Morgan fingerprint density at radius 2 is 1.81 bits per heavy atom. The van der Waals surface area contributed by atoms with Gasteiger partial charge in [0.2, 0.25) is 5.91 Å². The number of rotatable bonds is 0. The van der Waals surface area contributed by atoms with Crippen molar-refractivity contribution in [3.8, 4) is 0 Å². The molecule has 84 valence electrons. The highest BCUT2D eigenvalue weighted by Gasteiger charge is 2.43. The molecule has 16 heavy (non-hydrogen) atoms. The molecule has 3 nitrogen and oxygen atoms in total. The first-order valence-corrected chi connectivity index (χ1v) is 5.90. The van der Waals surface area contributed by atoms with Gasteiger partial charge in [-0.05, 0) is 30.9 Å². The molecule has 1 atom stereocenters. The Hall–Kier alpha value is -1.51. The van der Waals surface area contributed by atoms with Crippen LogP contribution in [0.1, 0.15) is 18.4 Å². The van der Waals surface area contributed by atoms with E-state index in [0.29, 0.717) is 0 Å². The van der Waals surface area contributed by atoms with Crippen molar-refractivity contribution in [3.05, 3.63) is 29.8 Å². The summed E-state index contributed by atoms with van der Waals surface area (Å²) in [5.74, 6) is 0.242. The normalized spacial score (nSPS) is 28.1. The second kappa shape index (κ2) is 3.51. The van der Waals surface area contributed by atoms with Crippen LogP contribution in [0.25, 0.3) is 0 Å². The van der Waals surface area contributed by atoms with Crippen molar-refractivity contribution in [1.82, 2.24) is 5.32 Å². The van der Waals surface area contributed by atoms with Gasteiger partial charge < -0.3 is 10.6 Å². The van der Waals surface area contributed by atoms with Gasteiger partial charge in [-0.15, -0.1) is 0 Å². The molecule has 2 aliphatic rings. The minimum absolute atomic E-state index is 0.153. The Bertz CT molecular complexity index is 430. The SMILES string of the molecule is O=C1NCCC12CCNc1ccccc1C2. The predicted octanol–water partition coefficient (Wildman–Crippen LogP) is 1.55. The van der Waals surface area contributed by atoms with Crippen molar-refractivity contribution >= 4 is 11.6 Å². The van der Waals surface area contributed by atoms with Crippen molar-refractivity contribution in [1.29, 1.82) is 0 Å². The summed E-state index contributed by atoms with van der Waals surface area (Å²) in [4.78, 5) is 12.0. The van der Waals surface area contributed by atoms with Crippen molar-refractivity contribution in [2.75, 3.05) is 18.4 Å². The molecule has 1 unspecified atom stereocenters. The molecule has 2 heterocycles. The van der Waals surface area contributed by atoms with Crippen molar-refractivity contribution in [3.63, 3.8) is 0 Å². The number of para-hydroxylation sites is 1. The third kappa shape index (κ3) is 1.39. The molecule has 1 amide bonds. The van der Waals surface area contributed by atoms with Crippen LogP contribution in [0.15, 0.2) is 24.3 Å². The average molecular weight is 216 g/mol. The van der Waals surface area contributed by atoms with E-state index < -0.39 is 0 Å².